The summed E-state index contributed by atoms with van der Waals surface area (Å²) in [5.41, 5.74) is 0.626. The predicted octanol–water partition coefficient (Wildman–Crippen LogP) is 3.14. The number of hydrogen-bond acceptors (Lipinski definition) is 5. The second-order valence-corrected chi connectivity index (χ2v) is 11.4. The van der Waals surface area contributed by atoms with Gasteiger partial charge in [0.25, 0.3) is 5.91 Å². The first kappa shape index (κ1) is 24.4. The maximum Gasteiger partial charge on any atom is 0.255 e. The third-order valence-electron chi connectivity index (χ3n) is 5.50. The fourth-order valence-electron chi connectivity index (χ4n) is 3.68. The van der Waals surface area contributed by atoms with Crippen LogP contribution in [0.4, 0.5) is 5.69 Å². The Morgan fingerprint density at radius 1 is 0.906 bits per heavy atom. The molecule has 0 atom stereocenters. The van der Waals surface area contributed by atoms with Crippen molar-refractivity contribution in [3.8, 4) is 0 Å². The summed E-state index contributed by atoms with van der Waals surface area (Å²) in [6.45, 7) is 5.26. The number of nitrogens with one attached hydrogen (secondary N) is 1. The number of benzene rings is 2. The fraction of sp³-hybridized carbons (Fsp3) is 0.409. The first-order chi connectivity index (χ1) is 15.2. The Hall–Kier alpha value is -2.27. The predicted molar refractivity (Wildman–Crippen MR) is 124 cm³/mol. The zero-order valence-electron chi connectivity index (χ0n) is 18.3. The molecule has 1 fully saturated rings. The largest absolute Gasteiger partial charge is 0.322 e. The van der Waals surface area contributed by atoms with E-state index in [-0.39, 0.29) is 15.4 Å². The van der Waals surface area contributed by atoms with Crippen molar-refractivity contribution in [2.75, 3.05) is 31.5 Å². The maximum atomic E-state index is 12.9. The van der Waals surface area contributed by atoms with Crippen molar-refractivity contribution in [3.05, 3.63) is 54.1 Å². The molecular weight excluding hydrogens is 450 g/mol. The number of carbonyl (C=O) groups excluding carboxylic acids is 1. The van der Waals surface area contributed by atoms with E-state index in [1.54, 1.807) is 26.0 Å². The average molecular weight is 480 g/mol. The summed E-state index contributed by atoms with van der Waals surface area (Å²) >= 11 is 0. The van der Waals surface area contributed by atoms with Crippen molar-refractivity contribution in [1.29, 1.82) is 0 Å². The summed E-state index contributed by atoms with van der Waals surface area (Å²) in [6.07, 6.45) is 2.68. The van der Waals surface area contributed by atoms with Crippen LogP contribution in [0.3, 0.4) is 0 Å². The lowest BCUT2D eigenvalue weighted by Crippen LogP contribution is -2.35. The molecule has 0 bridgehead atoms. The van der Waals surface area contributed by atoms with Crippen molar-refractivity contribution in [1.82, 2.24) is 8.61 Å². The second-order valence-electron chi connectivity index (χ2n) is 7.56. The first-order valence-electron chi connectivity index (χ1n) is 10.7. The standard InChI is InChI=1S/C22H29N3O5S2/c1-3-24(4-2)31(27,28)20-13-11-19(12-14-20)23-22(26)18-9-8-10-21(17-18)32(29,30)25-15-6-5-7-16-25/h8-14,17H,3-7,15-16H2,1-2H3,(H,23,26). The molecule has 3 rings (SSSR count). The zero-order chi connectivity index (χ0) is 23.4. The van der Waals surface area contributed by atoms with Crippen LogP contribution >= 0.6 is 0 Å². The monoisotopic (exact) mass is 479 g/mol. The molecule has 32 heavy (non-hydrogen) atoms. The van der Waals surface area contributed by atoms with Gasteiger partial charge in [0, 0.05) is 37.4 Å². The average Bonchev–Trinajstić information content (AvgIpc) is 2.80. The molecule has 8 nitrogen and oxygen atoms in total. The lowest BCUT2D eigenvalue weighted by Gasteiger charge is -2.26. The number of rotatable bonds is 8. The molecule has 0 saturated carbocycles. The topological polar surface area (TPSA) is 104 Å². The summed E-state index contributed by atoms with van der Waals surface area (Å²) in [4.78, 5) is 12.9. The fourth-order valence-corrected chi connectivity index (χ4v) is 6.70. The SMILES string of the molecule is CCN(CC)S(=O)(=O)c1ccc(NC(=O)c2cccc(S(=O)(=O)N3CCCCC3)c2)cc1. The van der Waals surface area contributed by atoms with Gasteiger partial charge in [-0.25, -0.2) is 16.8 Å². The number of anilines is 1. The number of nitrogens with zero attached hydrogens (tertiary/aromatic N) is 2. The van der Waals surface area contributed by atoms with E-state index >= 15 is 0 Å². The third-order valence-corrected chi connectivity index (χ3v) is 9.46. The second kappa shape index (κ2) is 10.1. The lowest BCUT2D eigenvalue weighted by molar-refractivity contribution is 0.102. The molecule has 0 aliphatic carbocycles. The van der Waals surface area contributed by atoms with Gasteiger partial charge in [0.15, 0.2) is 0 Å². The maximum absolute atomic E-state index is 12.9. The van der Waals surface area contributed by atoms with Crippen LogP contribution in [0.1, 0.15) is 43.5 Å². The van der Waals surface area contributed by atoms with Crippen LogP contribution in [0.25, 0.3) is 0 Å². The van der Waals surface area contributed by atoms with Gasteiger partial charge in [-0.1, -0.05) is 26.3 Å². The van der Waals surface area contributed by atoms with E-state index < -0.39 is 26.0 Å². The normalized spacial score (nSPS) is 15.6. The number of piperidine rings is 1. The van der Waals surface area contributed by atoms with Crippen molar-refractivity contribution >= 4 is 31.6 Å². The number of hydrogen-bond donors (Lipinski definition) is 1. The minimum Gasteiger partial charge on any atom is -0.322 e. The third kappa shape index (κ3) is 5.20. The van der Waals surface area contributed by atoms with Crippen LogP contribution in [-0.4, -0.2) is 57.5 Å². The van der Waals surface area contributed by atoms with Gasteiger partial charge in [0.2, 0.25) is 20.0 Å². The van der Waals surface area contributed by atoms with Crippen LogP contribution < -0.4 is 5.32 Å². The Labute approximate surface area is 190 Å². The van der Waals surface area contributed by atoms with E-state index in [0.717, 1.165) is 19.3 Å². The van der Waals surface area contributed by atoms with Gasteiger partial charge in [-0.15, -0.1) is 0 Å². The Morgan fingerprint density at radius 2 is 1.53 bits per heavy atom. The minimum absolute atomic E-state index is 0.0905. The first-order valence-corrected chi connectivity index (χ1v) is 13.6. The Bertz CT molecular complexity index is 1150. The molecule has 10 heteroatoms. The van der Waals surface area contributed by atoms with E-state index in [1.165, 1.54) is 45.0 Å². The molecule has 1 saturated heterocycles. The summed E-state index contributed by atoms with van der Waals surface area (Å²) < 4.78 is 53.8. The van der Waals surface area contributed by atoms with Crippen LogP contribution in [0, 0.1) is 0 Å². The Morgan fingerprint density at radius 3 is 2.12 bits per heavy atom. The molecule has 174 valence electrons. The van der Waals surface area contributed by atoms with Crippen molar-refractivity contribution in [2.24, 2.45) is 0 Å². The van der Waals surface area contributed by atoms with Gasteiger partial charge < -0.3 is 5.32 Å². The van der Waals surface area contributed by atoms with Gasteiger partial charge in [-0.05, 0) is 55.3 Å². The summed E-state index contributed by atoms with van der Waals surface area (Å²) in [5.74, 6) is -0.472. The van der Waals surface area contributed by atoms with E-state index in [0.29, 0.717) is 31.9 Å². The highest BCUT2D eigenvalue weighted by molar-refractivity contribution is 7.89. The van der Waals surface area contributed by atoms with Crippen LogP contribution in [0.5, 0.6) is 0 Å². The molecule has 1 aliphatic rings. The molecular formula is C22H29N3O5S2. The lowest BCUT2D eigenvalue weighted by atomic mass is 10.2. The van der Waals surface area contributed by atoms with E-state index in [4.69, 9.17) is 0 Å². The quantitative estimate of drug-likeness (QED) is 0.626. The van der Waals surface area contributed by atoms with Crippen LogP contribution in [0.15, 0.2) is 58.3 Å². The van der Waals surface area contributed by atoms with Crippen molar-refractivity contribution in [2.45, 2.75) is 42.9 Å². The summed E-state index contributed by atoms with van der Waals surface area (Å²) in [6, 6.07) is 11.9. The highest BCUT2D eigenvalue weighted by Crippen LogP contribution is 2.22. The molecule has 1 N–H and O–H groups in total. The molecule has 0 aromatic heterocycles. The molecule has 1 aliphatic heterocycles. The molecule has 2 aromatic carbocycles. The van der Waals surface area contributed by atoms with Crippen molar-refractivity contribution < 1.29 is 21.6 Å². The molecule has 0 unspecified atom stereocenters. The Balaban J connectivity index is 1.76. The van der Waals surface area contributed by atoms with Gasteiger partial charge in [0.1, 0.15) is 0 Å². The van der Waals surface area contributed by atoms with Crippen LogP contribution in [-0.2, 0) is 20.0 Å². The number of amides is 1. The number of sulfonamides is 2. The van der Waals surface area contributed by atoms with E-state index in [9.17, 15) is 21.6 Å². The van der Waals surface area contributed by atoms with Crippen LogP contribution in [0.2, 0.25) is 0 Å². The van der Waals surface area contributed by atoms with E-state index in [2.05, 4.69) is 5.32 Å². The molecule has 2 aromatic rings. The summed E-state index contributed by atoms with van der Waals surface area (Å²) in [7, 11) is -7.23. The van der Waals surface area contributed by atoms with Gasteiger partial charge in [-0.2, -0.15) is 8.61 Å². The van der Waals surface area contributed by atoms with Gasteiger partial charge >= 0.3 is 0 Å². The molecule has 0 radical (unpaired) electrons. The van der Waals surface area contributed by atoms with E-state index in [1.807, 2.05) is 0 Å². The smallest absolute Gasteiger partial charge is 0.255 e. The van der Waals surface area contributed by atoms with Gasteiger partial charge in [0.05, 0.1) is 9.79 Å². The Kier molecular flexibility index (Phi) is 7.71. The molecule has 1 heterocycles. The minimum atomic E-state index is -3.64. The van der Waals surface area contributed by atoms with Gasteiger partial charge in [-0.3, -0.25) is 4.79 Å². The zero-order valence-corrected chi connectivity index (χ0v) is 20.0. The number of carbonyl (C=O) groups is 1. The highest BCUT2D eigenvalue weighted by Gasteiger charge is 2.26. The molecule has 1 amide bonds. The molecule has 0 spiro atoms. The summed E-state index contributed by atoms with van der Waals surface area (Å²) in [5, 5.41) is 2.70. The highest BCUT2D eigenvalue weighted by atomic mass is 32.2. The van der Waals surface area contributed by atoms with Crippen molar-refractivity contribution in [3.63, 3.8) is 0 Å².